The number of aryl methyl sites for hydroxylation is 1. The summed E-state index contributed by atoms with van der Waals surface area (Å²) in [5, 5.41) is 16.9. The molecule has 5 rings (SSSR count). The molecule has 2 N–H and O–H groups in total. The van der Waals surface area contributed by atoms with Crippen LogP contribution >= 0.6 is 0 Å². The van der Waals surface area contributed by atoms with Crippen molar-refractivity contribution in [1.29, 1.82) is 0 Å². The molecule has 30 heavy (non-hydrogen) atoms. The van der Waals surface area contributed by atoms with E-state index in [1.807, 2.05) is 9.80 Å². The summed E-state index contributed by atoms with van der Waals surface area (Å²) in [6, 6.07) is 2.14. The molecule has 0 unspecified atom stereocenters. The maximum atomic E-state index is 13.1. The first-order valence-corrected chi connectivity index (χ1v) is 9.94. The Kier molecular flexibility index (Phi) is 4.75. The van der Waals surface area contributed by atoms with Gasteiger partial charge < -0.3 is 29.4 Å². The highest BCUT2D eigenvalue weighted by atomic mass is 16.5. The second-order valence-corrected chi connectivity index (χ2v) is 7.52. The Balaban J connectivity index is 1.52. The summed E-state index contributed by atoms with van der Waals surface area (Å²) >= 11 is 0. The summed E-state index contributed by atoms with van der Waals surface area (Å²) < 4.78 is 12.9. The van der Waals surface area contributed by atoms with E-state index in [1.165, 1.54) is 0 Å². The molecule has 0 saturated carbocycles. The molecule has 2 saturated heterocycles. The maximum Gasteiger partial charge on any atom is 0.300 e. The van der Waals surface area contributed by atoms with Gasteiger partial charge in [-0.3, -0.25) is 9.48 Å². The number of hydrogen-bond donors (Lipinski definition) is 2. The van der Waals surface area contributed by atoms with E-state index in [-0.39, 0.29) is 5.91 Å². The van der Waals surface area contributed by atoms with Gasteiger partial charge in [-0.1, -0.05) is 0 Å². The lowest BCUT2D eigenvalue weighted by Crippen LogP contribution is -2.36. The summed E-state index contributed by atoms with van der Waals surface area (Å²) in [4.78, 5) is 26.2. The highest BCUT2D eigenvalue weighted by molar-refractivity contribution is 6.09. The number of pyridine rings is 1. The van der Waals surface area contributed by atoms with Crippen molar-refractivity contribution in [3.05, 3.63) is 24.0 Å². The Morgan fingerprint density at radius 3 is 2.77 bits per heavy atom. The number of ether oxygens (including phenoxy) is 1. The Morgan fingerprint density at radius 1 is 1.23 bits per heavy atom. The van der Waals surface area contributed by atoms with Gasteiger partial charge in [0.25, 0.3) is 11.9 Å². The Bertz CT molecular complexity index is 1070. The first-order chi connectivity index (χ1) is 14.6. The van der Waals surface area contributed by atoms with Crippen molar-refractivity contribution in [2.45, 2.75) is 12.5 Å². The highest BCUT2D eigenvalue weighted by Gasteiger charge is 2.28. The number of anilines is 3. The molecule has 2 fully saturated rings. The number of β-amino-alcohol motifs (C(OH)–C–C–N with tert-alkyl or cyclic N) is 1. The number of nitrogens with one attached hydrogen (secondary N) is 1. The van der Waals surface area contributed by atoms with Crippen molar-refractivity contribution in [2.75, 3.05) is 54.5 Å². The summed E-state index contributed by atoms with van der Waals surface area (Å²) in [7, 11) is 1.78. The van der Waals surface area contributed by atoms with Crippen molar-refractivity contribution in [1.82, 2.24) is 19.7 Å². The van der Waals surface area contributed by atoms with Gasteiger partial charge in [0, 0.05) is 45.5 Å². The van der Waals surface area contributed by atoms with Crippen LogP contribution < -0.4 is 15.1 Å². The molecule has 5 heterocycles. The first-order valence-electron chi connectivity index (χ1n) is 9.94. The van der Waals surface area contributed by atoms with Gasteiger partial charge in [0.2, 0.25) is 5.65 Å². The van der Waals surface area contributed by atoms with Crippen LogP contribution in [0, 0.1) is 0 Å². The molecule has 0 aromatic carbocycles. The van der Waals surface area contributed by atoms with Crippen LogP contribution in [0.4, 0.5) is 17.5 Å². The van der Waals surface area contributed by atoms with Gasteiger partial charge in [0.1, 0.15) is 5.82 Å². The van der Waals surface area contributed by atoms with Crippen LogP contribution in [0.2, 0.25) is 0 Å². The third-order valence-corrected chi connectivity index (χ3v) is 5.30. The summed E-state index contributed by atoms with van der Waals surface area (Å²) in [5.74, 6) is 0.167. The van der Waals surface area contributed by atoms with Gasteiger partial charge in [0.05, 0.1) is 36.8 Å². The Labute approximate surface area is 172 Å². The lowest BCUT2D eigenvalue weighted by atomic mass is 10.2. The van der Waals surface area contributed by atoms with E-state index in [0.717, 1.165) is 0 Å². The highest BCUT2D eigenvalue weighted by Crippen LogP contribution is 2.30. The van der Waals surface area contributed by atoms with Crippen LogP contribution in [-0.2, 0) is 11.8 Å². The second kappa shape index (κ2) is 7.58. The standard InChI is InChI=1S/C19H23N7O4/c1-24-10-12(9-20-24)21-18(28)14-8-15-16(22-17(14)26-3-2-13(27)11-26)23-19(30-15)25-4-6-29-7-5-25/h8-10,13,27H,2-7,11H2,1H3,(H,21,28)/t13-/m1/s1. The zero-order valence-electron chi connectivity index (χ0n) is 16.6. The number of morpholine rings is 1. The molecule has 0 aliphatic carbocycles. The van der Waals surface area contributed by atoms with Gasteiger partial charge >= 0.3 is 0 Å². The Hall–Kier alpha value is -3.18. The molecule has 11 nitrogen and oxygen atoms in total. The van der Waals surface area contributed by atoms with Gasteiger partial charge in [-0.25, -0.2) is 4.98 Å². The number of nitrogens with zero attached hydrogens (tertiary/aromatic N) is 6. The summed E-state index contributed by atoms with van der Waals surface area (Å²) in [6.07, 6.45) is 3.47. The molecule has 2 aliphatic heterocycles. The summed E-state index contributed by atoms with van der Waals surface area (Å²) in [5.41, 5.74) is 1.83. The van der Waals surface area contributed by atoms with Crippen molar-refractivity contribution >= 4 is 34.7 Å². The fourth-order valence-corrected chi connectivity index (χ4v) is 3.76. The van der Waals surface area contributed by atoms with Crippen LogP contribution in [0.15, 0.2) is 22.9 Å². The van der Waals surface area contributed by atoms with Crippen LogP contribution in [0.1, 0.15) is 16.8 Å². The smallest absolute Gasteiger partial charge is 0.300 e. The number of aliphatic hydroxyl groups is 1. The zero-order chi connectivity index (χ0) is 20.7. The summed E-state index contributed by atoms with van der Waals surface area (Å²) in [6.45, 7) is 3.63. The number of aromatic nitrogens is 4. The molecule has 11 heteroatoms. The van der Waals surface area contributed by atoms with Gasteiger partial charge in [-0.2, -0.15) is 10.1 Å². The second-order valence-electron chi connectivity index (χ2n) is 7.52. The lowest BCUT2D eigenvalue weighted by Gasteiger charge is -2.24. The largest absolute Gasteiger partial charge is 0.422 e. The van der Waals surface area contributed by atoms with Crippen molar-refractivity contribution < 1.29 is 19.1 Å². The fourth-order valence-electron chi connectivity index (χ4n) is 3.76. The van der Waals surface area contributed by atoms with E-state index in [4.69, 9.17) is 9.15 Å². The number of amides is 1. The number of hydrogen-bond acceptors (Lipinski definition) is 9. The number of carbonyl (C=O) groups excluding carboxylic acids is 1. The lowest BCUT2D eigenvalue weighted by molar-refractivity contribution is 0.102. The first kappa shape index (κ1) is 18.8. The van der Waals surface area contributed by atoms with E-state index in [1.54, 1.807) is 30.2 Å². The molecule has 0 bridgehead atoms. The average molecular weight is 413 g/mol. The predicted octanol–water partition coefficient (Wildman–Crippen LogP) is 0.616. The van der Waals surface area contributed by atoms with Gasteiger partial charge in [-0.15, -0.1) is 0 Å². The van der Waals surface area contributed by atoms with Crippen molar-refractivity contribution in [3.63, 3.8) is 0 Å². The van der Waals surface area contributed by atoms with Crippen molar-refractivity contribution in [2.24, 2.45) is 7.05 Å². The normalized spacial score (nSPS) is 19.6. The molecule has 0 spiro atoms. The van der Waals surface area contributed by atoms with Crippen LogP contribution in [-0.4, -0.2) is 76.3 Å². The minimum absolute atomic E-state index is 0.321. The average Bonchev–Trinajstić information content (AvgIpc) is 3.47. The zero-order valence-corrected chi connectivity index (χ0v) is 16.6. The number of carbonyl (C=O) groups is 1. The Morgan fingerprint density at radius 2 is 2.07 bits per heavy atom. The van der Waals surface area contributed by atoms with E-state index in [9.17, 15) is 9.90 Å². The molecule has 158 valence electrons. The van der Waals surface area contributed by atoms with Crippen LogP contribution in [0.3, 0.4) is 0 Å². The molecule has 0 radical (unpaired) electrons. The van der Waals surface area contributed by atoms with E-state index >= 15 is 0 Å². The third-order valence-electron chi connectivity index (χ3n) is 5.30. The number of aliphatic hydroxyl groups excluding tert-OH is 1. The monoisotopic (exact) mass is 413 g/mol. The predicted molar refractivity (Wildman–Crippen MR) is 109 cm³/mol. The fraction of sp³-hybridized carbons (Fsp3) is 0.474. The SMILES string of the molecule is Cn1cc(NC(=O)c2cc3oc(N4CCOCC4)nc3nc2N2CC[C@@H](O)C2)cn1. The molecule has 3 aromatic rings. The topological polar surface area (TPSA) is 122 Å². The van der Waals surface area contributed by atoms with E-state index in [2.05, 4.69) is 20.4 Å². The molecule has 2 aliphatic rings. The maximum absolute atomic E-state index is 13.1. The minimum Gasteiger partial charge on any atom is -0.422 e. The van der Waals surface area contributed by atoms with Crippen LogP contribution in [0.5, 0.6) is 0 Å². The molecule has 1 atom stereocenters. The molecular formula is C19H23N7O4. The van der Waals surface area contributed by atoms with Crippen LogP contribution in [0.25, 0.3) is 11.2 Å². The quantitative estimate of drug-likeness (QED) is 0.634. The van der Waals surface area contributed by atoms with Gasteiger partial charge in [0.15, 0.2) is 5.58 Å². The number of oxazole rings is 1. The number of fused-ring (bicyclic) bond motifs is 1. The van der Waals surface area contributed by atoms with Gasteiger partial charge in [-0.05, 0) is 6.42 Å². The molecule has 1 amide bonds. The minimum atomic E-state index is -0.446. The third kappa shape index (κ3) is 3.57. The van der Waals surface area contributed by atoms with E-state index in [0.29, 0.717) is 80.1 Å². The molecule has 3 aromatic heterocycles. The number of rotatable bonds is 4. The van der Waals surface area contributed by atoms with E-state index < -0.39 is 6.10 Å². The van der Waals surface area contributed by atoms with Crippen molar-refractivity contribution in [3.8, 4) is 0 Å². The molecular weight excluding hydrogens is 390 g/mol.